The average Bonchev–Trinajstić information content (AvgIpc) is 2.93. The third-order valence-electron chi connectivity index (χ3n) is 3.47. The summed E-state index contributed by atoms with van der Waals surface area (Å²) in [5.41, 5.74) is 0.727. The quantitative estimate of drug-likeness (QED) is 0.846. The van der Waals surface area contributed by atoms with E-state index in [1.165, 1.54) is 0 Å². The van der Waals surface area contributed by atoms with Crippen molar-refractivity contribution in [3.8, 4) is 17.2 Å². The largest absolute Gasteiger partial charge is 0.493 e. The molecule has 0 bridgehead atoms. The molecule has 2 rings (SSSR count). The standard InChI is InChI=1S/C16H23NO4/c1-6-7-17-10(2)12-8-11-13(21-12)9-14(18-3)16(20-5)15(11)19-4/h8-10,17H,6-7H2,1-5H3. The molecule has 5 heteroatoms. The zero-order valence-corrected chi connectivity index (χ0v) is 13.3. The Morgan fingerprint density at radius 3 is 2.38 bits per heavy atom. The molecular weight excluding hydrogens is 270 g/mol. The first-order valence-electron chi connectivity index (χ1n) is 7.12. The number of rotatable bonds is 7. The van der Waals surface area contributed by atoms with Crippen LogP contribution in [-0.2, 0) is 0 Å². The molecule has 0 spiro atoms. The van der Waals surface area contributed by atoms with Crippen molar-refractivity contribution in [2.24, 2.45) is 0 Å². The highest BCUT2D eigenvalue weighted by atomic mass is 16.5. The van der Waals surface area contributed by atoms with Crippen LogP contribution in [0.2, 0.25) is 0 Å². The van der Waals surface area contributed by atoms with E-state index >= 15 is 0 Å². The van der Waals surface area contributed by atoms with E-state index in [0.717, 1.165) is 29.7 Å². The Balaban J connectivity index is 2.51. The molecule has 1 N–H and O–H groups in total. The van der Waals surface area contributed by atoms with Gasteiger partial charge in [-0.1, -0.05) is 6.92 Å². The number of nitrogens with one attached hydrogen (secondary N) is 1. The van der Waals surface area contributed by atoms with Crippen molar-refractivity contribution in [3.63, 3.8) is 0 Å². The minimum absolute atomic E-state index is 0.138. The molecule has 0 saturated carbocycles. The number of benzene rings is 1. The highest BCUT2D eigenvalue weighted by molar-refractivity contribution is 5.90. The Morgan fingerprint density at radius 2 is 1.81 bits per heavy atom. The Morgan fingerprint density at radius 1 is 1.10 bits per heavy atom. The molecule has 21 heavy (non-hydrogen) atoms. The fourth-order valence-corrected chi connectivity index (χ4v) is 2.35. The zero-order valence-electron chi connectivity index (χ0n) is 13.3. The lowest BCUT2D eigenvalue weighted by Crippen LogP contribution is -2.18. The van der Waals surface area contributed by atoms with Gasteiger partial charge >= 0.3 is 0 Å². The Kier molecular flexibility index (Phi) is 4.96. The number of ether oxygens (including phenoxy) is 3. The maximum atomic E-state index is 5.93. The van der Waals surface area contributed by atoms with Gasteiger partial charge in [-0.2, -0.15) is 0 Å². The number of fused-ring (bicyclic) bond motifs is 1. The minimum Gasteiger partial charge on any atom is -0.493 e. The summed E-state index contributed by atoms with van der Waals surface area (Å²) in [5, 5.41) is 4.29. The van der Waals surface area contributed by atoms with Gasteiger partial charge in [0.25, 0.3) is 0 Å². The lowest BCUT2D eigenvalue weighted by atomic mass is 10.1. The summed E-state index contributed by atoms with van der Waals surface area (Å²) in [6.07, 6.45) is 1.08. The third kappa shape index (κ3) is 2.93. The maximum absolute atomic E-state index is 5.93. The minimum atomic E-state index is 0.138. The highest BCUT2D eigenvalue weighted by Crippen LogP contribution is 2.44. The van der Waals surface area contributed by atoms with Gasteiger partial charge < -0.3 is 23.9 Å². The summed E-state index contributed by atoms with van der Waals surface area (Å²) in [5.74, 6) is 2.67. The Bertz CT molecular complexity index is 606. The number of methoxy groups -OCH3 is 3. The summed E-state index contributed by atoms with van der Waals surface area (Å²) >= 11 is 0. The maximum Gasteiger partial charge on any atom is 0.204 e. The highest BCUT2D eigenvalue weighted by Gasteiger charge is 2.20. The second-order valence-corrected chi connectivity index (χ2v) is 4.88. The SMILES string of the molecule is CCCNC(C)c1cc2c(OC)c(OC)c(OC)cc2o1. The molecule has 0 saturated heterocycles. The van der Waals surface area contributed by atoms with Gasteiger partial charge in [0, 0.05) is 6.07 Å². The molecule has 0 aliphatic rings. The topological polar surface area (TPSA) is 52.9 Å². The van der Waals surface area contributed by atoms with Gasteiger partial charge in [0.15, 0.2) is 11.5 Å². The van der Waals surface area contributed by atoms with Crippen LogP contribution in [-0.4, -0.2) is 27.9 Å². The fraction of sp³-hybridized carbons (Fsp3) is 0.500. The van der Waals surface area contributed by atoms with Crippen LogP contribution in [0.25, 0.3) is 11.0 Å². The van der Waals surface area contributed by atoms with Crippen molar-refractivity contribution >= 4 is 11.0 Å². The molecule has 0 amide bonds. The summed E-state index contributed by atoms with van der Waals surface area (Å²) in [6.45, 7) is 5.16. The van der Waals surface area contributed by atoms with Crippen molar-refractivity contribution in [1.29, 1.82) is 0 Å². The number of furan rings is 1. The van der Waals surface area contributed by atoms with Crippen LogP contribution >= 0.6 is 0 Å². The molecule has 0 aliphatic carbocycles. The van der Waals surface area contributed by atoms with E-state index in [1.807, 2.05) is 12.1 Å². The monoisotopic (exact) mass is 293 g/mol. The van der Waals surface area contributed by atoms with E-state index in [4.69, 9.17) is 18.6 Å². The van der Waals surface area contributed by atoms with Gasteiger partial charge in [0.1, 0.15) is 11.3 Å². The van der Waals surface area contributed by atoms with Crippen molar-refractivity contribution < 1.29 is 18.6 Å². The van der Waals surface area contributed by atoms with Crippen molar-refractivity contribution in [3.05, 3.63) is 17.9 Å². The average molecular weight is 293 g/mol. The smallest absolute Gasteiger partial charge is 0.204 e. The van der Waals surface area contributed by atoms with E-state index in [9.17, 15) is 0 Å². The van der Waals surface area contributed by atoms with Crippen LogP contribution in [0.15, 0.2) is 16.5 Å². The third-order valence-corrected chi connectivity index (χ3v) is 3.47. The predicted molar refractivity (Wildman–Crippen MR) is 82.6 cm³/mol. The van der Waals surface area contributed by atoms with Crippen molar-refractivity contribution in [1.82, 2.24) is 5.32 Å². The van der Waals surface area contributed by atoms with Crippen LogP contribution in [0.3, 0.4) is 0 Å². The summed E-state index contributed by atoms with van der Waals surface area (Å²) < 4.78 is 22.1. The first-order valence-corrected chi connectivity index (χ1v) is 7.12. The van der Waals surface area contributed by atoms with Crippen LogP contribution in [0.5, 0.6) is 17.2 Å². The van der Waals surface area contributed by atoms with Gasteiger partial charge in [-0.3, -0.25) is 0 Å². The molecule has 5 nitrogen and oxygen atoms in total. The second kappa shape index (κ2) is 6.72. The Labute approximate surface area is 125 Å². The molecule has 1 aromatic carbocycles. The molecule has 0 aliphatic heterocycles. The van der Waals surface area contributed by atoms with Gasteiger partial charge in [-0.05, 0) is 26.0 Å². The van der Waals surface area contributed by atoms with Gasteiger partial charge in [0.05, 0.1) is 32.8 Å². The van der Waals surface area contributed by atoms with E-state index in [1.54, 1.807) is 21.3 Å². The van der Waals surface area contributed by atoms with Gasteiger partial charge in [-0.25, -0.2) is 0 Å². The van der Waals surface area contributed by atoms with E-state index < -0.39 is 0 Å². The van der Waals surface area contributed by atoms with Gasteiger partial charge in [-0.15, -0.1) is 0 Å². The van der Waals surface area contributed by atoms with Crippen molar-refractivity contribution in [2.75, 3.05) is 27.9 Å². The molecular formula is C16H23NO4. The predicted octanol–water partition coefficient (Wildman–Crippen LogP) is 3.52. The number of hydrogen-bond acceptors (Lipinski definition) is 5. The lowest BCUT2D eigenvalue weighted by molar-refractivity contribution is 0.326. The molecule has 0 fully saturated rings. The molecule has 1 unspecified atom stereocenters. The van der Waals surface area contributed by atoms with E-state index in [2.05, 4.69) is 19.2 Å². The summed E-state index contributed by atoms with van der Waals surface area (Å²) in [7, 11) is 4.80. The first-order chi connectivity index (χ1) is 10.2. The normalized spacial score (nSPS) is 12.4. The molecule has 0 radical (unpaired) electrons. The lowest BCUT2D eigenvalue weighted by Gasteiger charge is -2.12. The first kappa shape index (κ1) is 15.5. The fourth-order valence-electron chi connectivity index (χ4n) is 2.35. The summed E-state index contributed by atoms with van der Waals surface area (Å²) in [4.78, 5) is 0. The van der Waals surface area contributed by atoms with E-state index in [-0.39, 0.29) is 6.04 Å². The second-order valence-electron chi connectivity index (χ2n) is 4.88. The summed E-state index contributed by atoms with van der Waals surface area (Å²) in [6, 6.07) is 3.95. The van der Waals surface area contributed by atoms with Crippen molar-refractivity contribution in [2.45, 2.75) is 26.3 Å². The zero-order chi connectivity index (χ0) is 15.4. The molecule has 1 heterocycles. The number of hydrogen-bond donors (Lipinski definition) is 1. The van der Waals surface area contributed by atoms with Crippen LogP contribution in [0.1, 0.15) is 32.1 Å². The van der Waals surface area contributed by atoms with E-state index in [0.29, 0.717) is 17.2 Å². The van der Waals surface area contributed by atoms with Crippen LogP contribution in [0, 0.1) is 0 Å². The van der Waals surface area contributed by atoms with Gasteiger partial charge in [0.2, 0.25) is 5.75 Å². The molecule has 116 valence electrons. The molecule has 1 aromatic heterocycles. The Hall–Kier alpha value is -1.88. The molecule has 1 atom stereocenters. The molecule has 2 aromatic rings. The van der Waals surface area contributed by atoms with Crippen LogP contribution in [0.4, 0.5) is 0 Å². The van der Waals surface area contributed by atoms with Crippen LogP contribution < -0.4 is 19.5 Å².